The molecule has 3 nitrogen and oxygen atoms in total. The highest BCUT2D eigenvalue weighted by atomic mass is 16.5. The number of hydrogen-bond donors (Lipinski definition) is 1. The Balaban J connectivity index is 1.88. The third kappa shape index (κ3) is 2.65. The number of hydrogen-bond acceptors (Lipinski definition) is 3. The van der Waals surface area contributed by atoms with Gasteiger partial charge in [-0.05, 0) is 51.4 Å². The summed E-state index contributed by atoms with van der Waals surface area (Å²) in [7, 11) is 0. The van der Waals surface area contributed by atoms with Crippen molar-refractivity contribution in [1.29, 1.82) is 0 Å². The maximum atomic E-state index is 12.2. The maximum absolute atomic E-state index is 12.2. The molecule has 2 fully saturated rings. The largest absolute Gasteiger partial charge is 0.462 e. The van der Waals surface area contributed by atoms with Crippen molar-refractivity contribution in [1.82, 2.24) is 0 Å². The van der Waals surface area contributed by atoms with Gasteiger partial charge in [-0.3, -0.25) is 4.79 Å². The number of ether oxygens (including phenoxy) is 1. The van der Waals surface area contributed by atoms with Crippen molar-refractivity contribution in [2.75, 3.05) is 0 Å². The van der Waals surface area contributed by atoms with Crippen LogP contribution in [0.25, 0.3) is 0 Å². The minimum Gasteiger partial charge on any atom is -0.462 e. The van der Waals surface area contributed by atoms with E-state index in [9.17, 15) is 4.79 Å². The van der Waals surface area contributed by atoms with Crippen LogP contribution in [0.4, 0.5) is 0 Å². The van der Waals surface area contributed by atoms with E-state index in [-0.39, 0.29) is 18.1 Å². The molecule has 2 atom stereocenters. The summed E-state index contributed by atoms with van der Waals surface area (Å²) >= 11 is 0. The average molecular weight is 239 g/mol. The van der Waals surface area contributed by atoms with E-state index >= 15 is 0 Å². The van der Waals surface area contributed by atoms with Crippen LogP contribution >= 0.6 is 0 Å². The molecule has 0 aromatic heterocycles. The summed E-state index contributed by atoms with van der Waals surface area (Å²) in [4.78, 5) is 12.2. The number of nitrogens with two attached hydrogens (primary N) is 1. The Kier molecular flexibility index (Phi) is 3.76. The lowest BCUT2D eigenvalue weighted by molar-refractivity contribution is -0.162. The number of carbonyl (C=O) groups excluding carboxylic acids is 1. The lowest BCUT2D eigenvalue weighted by Gasteiger charge is -2.32. The van der Waals surface area contributed by atoms with Crippen LogP contribution in [0.15, 0.2) is 0 Å². The first-order chi connectivity index (χ1) is 8.02. The molecule has 0 heterocycles. The van der Waals surface area contributed by atoms with Gasteiger partial charge in [-0.1, -0.05) is 13.3 Å². The molecule has 0 radical (unpaired) electrons. The van der Waals surface area contributed by atoms with E-state index in [1.807, 2.05) is 6.92 Å². The molecule has 17 heavy (non-hydrogen) atoms. The molecule has 3 heteroatoms. The summed E-state index contributed by atoms with van der Waals surface area (Å²) in [5.41, 5.74) is 5.61. The van der Waals surface area contributed by atoms with Crippen molar-refractivity contribution in [2.45, 2.75) is 70.9 Å². The minimum absolute atomic E-state index is 0.0162. The Morgan fingerprint density at radius 2 is 1.88 bits per heavy atom. The zero-order valence-electron chi connectivity index (χ0n) is 11.1. The van der Waals surface area contributed by atoms with Gasteiger partial charge in [0.15, 0.2) is 0 Å². The van der Waals surface area contributed by atoms with Crippen LogP contribution in [0, 0.1) is 11.3 Å². The zero-order chi connectivity index (χ0) is 12.5. The van der Waals surface area contributed by atoms with Gasteiger partial charge in [-0.2, -0.15) is 0 Å². The van der Waals surface area contributed by atoms with Gasteiger partial charge in [0.05, 0.1) is 5.41 Å². The fourth-order valence-corrected chi connectivity index (χ4v) is 3.08. The van der Waals surface area contributed by atoms with Crippen LogP contribution < -0.4 is 5.73 Å². The first-order valence-corrected chi connectivity index (χ1v) is 6.99. The summed E-state index contributed by atoms with van der Waals surface area (Å²) in [6.45, 7) is 4.24. The molecule has 2 rings (SSSR count). The molecule has 98 valence electrons. The lowest BCUT2D eigenvalue weighted by Crippen LogP contribution is -2.43. The highest BCUT2D eigenvalue weighted by Crippen LogP contribution is 2.39. The van der Waals surface area contributed by atoms with Gasteiger partial charge in [0.1, 0.15) is 6.10 Å². The molecule has 0 aromatic rings. The molecule has 0 amide bonds. The molecular formula is C14H25NO2. The number of rotatable bonds is 2. The molecular weight excluding hydrogens is 214 g/mol. The Hall–Kier alpha value is -0.570. The Labute approximate surface area is 104 Å². The van der Waals surface area contributed by atoms with Crippen molar-refractivity contribution in [3.05, 3.63) is 0 Å². The van der Waals surface area contributed by atoms with Gasteiger partial charge in [0.2, 0.25) is 0 Å². The van der Waals surface area contributed by atoms with Crippen molar-refractivity contribution < 1.29 is 9.53 Å². The third-order valence-electron chi connectivity index (χ3n) is 4.73. The van der Waals surface area contributed by atoms with Crippen molar-refractivity contribution in [2.24, 2.45) is 17.1 Å². The van der Waals surface area contributed by atoms with Crippen LogP contribution in [0.3, 0.4) is 0 Å². The second-order valence-corrected chi connectivity index (χ2v) is 6.20. The summed E-state index contributed by atoms with van der Waals surface area (Å²) in [5.74, 6) is 0.733. The monoisotopic (exact) mass is 239 g/mol. The molecule has 2 N–H and O–H groups in total. The molecule has 0 spiro atoms. The molecule has 2 aliphatic carbocycles. The first-order valence-electron chi connectivity index (χ1n) is 6.99. The van der Waals surface area contributed by atoms with E-state index in [2.05, 4.69) is 6.92 Å². The predicted octanol–water partition coefficient (Wildman–Crippen LogP) is 2.63. The zero-order valence-corrected chi connectivity index (χ0v) is 11.1. The third-order valence-corrected chi connectivity index (χ3v) is 4.73. The quantitative estimate of drug-likeness (QED) is 0.754. The molecule has 0 saturated heterocycles. The van der Waals surface area contributed by atoms with Crippen molar-refractivity contribution in [3.8, 4) is 0 Å². The summed E-state index contributed by atoms with van der Waals surface area (Å²) in [6, 6.07) is -0.0162. The van der Waals surface area contributed by atoms with Gasteiger partial charge >= 0.3 is 5.97 Å². The van der Waals surface area contributed by atoms with Crippen LogP contribution in [0.1, 0.15) is 58.8 Å². The van der Waals surface area contributed by atoms with E-state index in [4.69, 9.17) is 10.5 Å². The molecule has 0 aliphatic heterocycles. The van der Waals surface area contributed by atoms with Crippen LogP contribution in [-0.2, 0) is 9.53 Å². The van der Waals surface area contributed by atoms with Crippen molar-refractivity contribution >= 4 is 5.97 Å². The summed E-state index contributed by atoms with van der Waals surface area (Å²) in [5, 5.41) is 0. The molecule has 0 bridgehead atoms. The topological polar surface area (TPSA) is 52.3 Å². The molecule has 0 aromatic carbocycles. The van der Waals surface area contributed by atoms with Gasteiger partial charge in [-0.15, -0.1) is 0 Å². The van der Waals surface area contributed by atoms with Gasteiger partial charge in [-0.25, -0.2) is 0 Å². The second kappa shape index (κ2) is 4.97. The fraction of sp³-hybridized carbons (Fsp3) is 0.929. The lowest BCUT2D eigenvalue weighted by atomic mass is 9.84. The predicted molar refractivity (Wildman–Crippen MR) is 67.4 cm³/mol. The van der Waals surface area contributed by atoms with Crippen molar-refractivity contribution in [3.63, 3.8) is 0 Å². The van der Waals surface area contributed by atoms with E-state index in [0.717, 1.165) is 38.0 Å². The van der Waals surface area contributed by atoms with Gasteiger partial charge in [0.25, 0.3) is 0 Å². The Morgan fingerprint density at radius 3 is 2.41 bits per heavy atom. The summed E-state index contributed by atoms with van der Waals surface area (Å²) < 4.78 is 5.68. The normalized spacial score (nSPS) is 42.4. The van der Waals surface area contributed by atoms with Gasteiger partial charge in [0, 0.05) is 6.04 Å². The van der Waals surface area contributed by atoms with E-state index in [1.54, 1.807) is 0 Å². The maximum Gasteiger partial charge on any atom is 0.313 e. The minimum atomic E-state index is -0.428. The van der Waals surface area contributed by atoms with Crippen LogP contribution in [0.2, 0.25) is 0 Å². The molecule has 2 saturated carbocycles. The second-order valence-electron chi connectivity index (χ2n) is 6.20. The van der Waals surface area contributed by atoms with Crippen LogP contribution in [-0.4, -0.2) is 18.1 Å². The number of carbonyl (C=O) groups is 1. The smallest absolute Gasteiger partial charge is 0.313 e. The Bertz CT molecular complexity index is 284. The van der Waals surface area contributed by atoms with E-state index < -0.39 is 5.41 Å². The first kappa shape index (κ1) is 12.9. The fourth-order valence-electron chi connectivity index (χ4n) is 3.08. The SMILES string of the molecule is CC1CCC(OC(=O)C2(C)CCCC2N)CC1. The summed E-state index contributed by atoms with van der Waals surface area (Å²) in [6.07, 6.45) is 7.44. The Morgan fingerprint density at radius 1 is 1.24 bits per heavy atom. The molecule has 2 aliphatic rings. The number of esters is 1. The van der Waals surface area contributed by atoms with Crippen LogP contribution in [0.5, 0.6) is 0 Å². The standard InChI is InChI=1S/C14H25NO2/c1-10-5-7-11(8-6-10)17-13(16)14(2)9-3-4-12(14)15/h10-12H,3-9,15H2,1-2H3. The van der Waals surface area contributed by atoms with Gasteiger partial charge < -0.3 is 10.5 Å². The van der Waals surface area contributed by atoms with E-state index in [1.165, 1.54) is 12.8 Å². The van der Waals surface area contributed by atoms with E-state index in [0.29, 0.717) is 0 Å². The highest BCUT2D eigenvalue weighted by molar-refractivity contribution is 5.78. The highest BCUT2D eigenvalue weighted by Gasteiger charge is 2.45. The average Bonchev–Trinajstić information content (AvgIpc) is 2.64. The molecule has 2 unspecified atom stereocenters.